The van der Waals surface area contributed by atoms with E-state index >= 15 is 0 Å². The number of carbonyl (C=O) groups is 2. The number of benzene rings is 1. The van der Waals surface area contributed by atoms with Crippen molar-refractivity contribution in [2.75, 3.05) is 25.1 Å². The molecule has 7 nitrogen and oxygen atoms in total. The van der Waals surface area contributed by atoms with Crippen molar-refractivity contribution in [2.24, 2.45) is 5.73 Å². The lowest BCUT2D eigenvalue weighted by Gasteiger charge is -2.47. The van der Waals surface area contributed by atoms with Gasteiger partial charge in [-0.25, -0.2) is 0 Å². The van der Waals surface area contributed by atoms with Crippen molar-refractivity contribution in [3.05, 3.63) is 24.3 Å². The molecule has 1 fully saturated rings. The molecule has 2 N–H and O–H groups in total. The number of rotatable bonds is 6. The van der Waals surface area contributed by atoms with Gasteiger partial charge >= 0.3 is 6.36 Å². The second-order valence-electron chi connectivity index (χ2n) is 6.43. The molecule has 1 saturated heterocycles. The molecular formula is C17H22F3N3O4. The molecule has 0 radical (unpaired) electrons. The van der Waals surface area contributed by atoms with E-state index in [4.69, 9.17) is 10.5 Å². The summed E-state index contributed by atoms with van der Waals surface area (Å²) in [6.45, 7) is 3.77. The predicted molar refractivity (Wildman–Crippen MR) is 90.9 cm³/mol. The molecule has 1 aromatic carbocycles. The van der Waals surface area contributed by atoms with E-state index in [1.807, 2.05) is 0 Å². The number of methoxy groups -OCH3 is 1. The quantitative estimate of drug-likeness (QED) is 0.803. The first-order chi connectivity index (χ1) is 12.5. The number of nitrogens with two attached hydrogens (primary N) is 1. The lowest BCUT2D eigenvalue weighted by atomic mass is 10.0. The molecule has 2 rings (SSSR count). The number of alkyl halides is 3. The van der Waals surface area contributed by atoms with Crippen molar-refractivity contribution >= 4 is 17.5 Å². The van der Waals surface area contributed by atoms with Crippen LogP contribution in [0.1, 0.15) is 20.3 Å². The number of carbonyl (C=O) groups excluding carboxylic acids is 2. The Labute approximate surface area is 154 Å². The fraction of sp³-hybridized carbons (Fsp3) is 0.529. The summed E-state index contributed by atoms with van der Waals surface area (Å²) in [5, 5.41) is 0. The fourth-order valence-corrected chi connectivity index (χ4v) is 3.15. The number of amides is 2. The van der Waals surface area contributed by atoms with Gasteiger partial charge in [0, 0.05) is 32.0 Å². The first kappa shape index (κ1) is 20.8. The molecule has 0 spiro atoms. The minimum Gasteiger partial charge on any atom is -0.406 e. The third-order valence-electron chi connectivity index (χ3n) is 4.55. The van der Waals surface area contributed by atoms with Crippen LogP contribution in [0.4, 0.5) is 18.9 Å². The van der Waals surface area contributed by atoms with E-state index in [2.05, 4.69) is 4.74 Å². The number of halogens is 3. The van der Waals surface area contributed by atoms with E-state index in [1.165, 1.54) is 30.2 Å². The molecular weight excluding hydrogens is 367 g/mol. The Morgan fingerprint density at radius 3 is 2.56 bits per heavy atom. The van der Waals surface area contributed by atoms with Crippen LogP contribution >= 0.6 is 0 Å². The van der Waals surface area contributed by atoms with E-state index in [0.29, 0.717) is 12.2 Å². The van der Waals surface area contributed by atoms with Gasteiger partial charge < -0.3 is 25.0 Å². The van der Waals surface area contributed by atoms with Gasteiger partial charge in [0.25, 0.3) is 0 Å². The number of hydrogen-bond donors (Lipinski definition) is 1. The lowest BCUT2D eigenvalue weighted by molar-refractivity contribution is -0.274. The third kappa shape index (κ3) is 4.82. The number of piperazine rings is 1. The van der Waals surface area contributed by atoms with E-state index < -0.39 is 24.0 Å². The molecule has 2 atom stereocenters. The molecule has 0 saturated carbocycles. The lowest BCUT2D eigenvalue weighted by Crippen LogP contribution is -2.64. The number of ether oxygens (including phenoxy) is 2. The van der Waals surface area contributed by atoms with Gasteiger partial charge in [0.2, 0.25) is 11.8 Å². The molecule has 0 aromatic heterocycles. The maximum atomic E-state index is 12.9. The van der Waals surface area contributed by atoms with Crippen LogP contribution in [0.15, 0.2) is 24.3 Å². The highest BCUT2D eigenvalue weighted by Crippen LogP contribution is 2.31. The van der Waals surface area contributed by atoms with E-state index in [-0.39, 0.29) is 24.6 Å². The zero-order valence-corrected chi connectivity index (χ0v) is 15.2. The highest BCUT2D eigenvalue weighted by atomic mass is 19.4. The van der Waals surface area contributed by atoms with Crippen molar-refractivity contribution < 1.29 is 32.2 Å². The molecule has 2 amide bonds. The summed E-state index contributed by atoms with van der Waals surface area (Å²) in [6, 6.07) is 4.76. The third-order valence-corrected chi connectivity index (χ3v) is 4.55. The second-order valence-corrected chi connectivity index (χ2v) is 6.43. The minimum absolute atomic E-state index is 0.170. The summed E-state index contributed by atoms with van der Waals surface area (Å²) >= 11 is 0. The topological polar surface area (TPSA) is 85.1 Å². The Balaban J connectivity index is 2.22. The van der Waals surface area contributed by atoms with Gasteiger partial charge in [-0.05, 0) is 26.0 Å². The van der Waals surface area contributed by atoms with Crippen LogP contribution in [0.5, 0.6) is 5.75 Å². The minimum atomic E-state index is -4.80. The Kier molecular flexibility index (Phi) is 5.88. The van der Waals surface area contributed by atoms with Gasteiger partial charge in [0.1, 0.15) is 17.5 Å². The zero-order valence-electron chi connectivity index (χ0n) is 15.2. The van der Waals surface area contributed by atoms with Crippen molar-refractivity contribution in [1.29, 1.82) is 0 Å². The van der Waals surface area contributed by atoms with Gasteiger partial charge in [-0.2, -0.15) is 0 Å². The maximum absolute atomic E-state index is 12.9. The number of anilines is 1. The average Bonchev–Trinajstić information content (AvgIpc) is 2.55. The van der Waals surface area contributed by atoms with Crippen LogP contribution in [0, 0.1) is 0 Å². The largest absolute Gasteiger partial charge is 0.573 e. The smallest absolute Gasteiger partial charge is 0.406 e. The van der Waals surface area contributed by atoms with Crippen LogP contribution in [0.3, 0.4) is 0 Å². The van der Waals surface area contributed by atoms with Gasteiger partial charge in [-0.1, -0.05) is 6.07 Å². The summed E-state index contributed by atoms with van der Waals surface area (Å²) in [7, 11) is 1.38. The van der Waals surface area contributed by atoms with Gasteiger partial charge in [0.05, 0.1) is 6.42 Å². The molecule has 1 heterocycles. The molecule has 0 aliphatic carbocycles. The van der Waals surface area contributed by atoms with Crippen LogP contribution in [-0.2, 0) is 14.3 Å². The first-order valence-corrected chi connectivity index (χ1v) is 8.24. The van der Waals surface area contributed by atoms with Crippen LogP contribution in [0.25, 0.3) is 0 Å². The van der Waals surface area contributed by atoms with Crippen molar-refractivity contribution in [3.8, 4) is 5.75 Å². The molecule has 1 aromatic rings. The van der Waals surface area contributed by atoms with Crippen molar-refractivity contribution in [1.82, 2.24) is 4.90 Å². The monoisotopic (exact) mass is 389 g/mol. The van der Waals surface area contributed by atoms with Crippen molar-refractivity contribution in [2.45, 2.75) is 38.4 Å². The number of primary amides is 1. The maximum Gasteiger partial charge on any atom is 0.573 e. The molecule has 2 unspecified atom stereocenters. The van der Waals surface area contributed by atoms with Crippen LogP contribution in [0.2, 0.25) is 0 Å². The summed E-state index contributed by atoms with van der Waals surface area (Å²) in [5.41, 5.74) is 4.49. The van der Waals surface area contributed by atoms with Gasteiger partial charge in [-0.15, -0.1) is 13.2 Å². The average molecular weight is 389 g/mol. The second kappa shape index (κ2) is 7.63. The van der Waals surface area contributed by atoms with Gasteiger partial charge in [0.15, 0.2) is 0 Å². The van der Waals surface area contributed by atoms with Crippen molar-refractivity contribution in [3.63, 3.8) is 0 Å². The Morgan fingerprint density at radius 1 is 1.33 bits per heavy atom. The zero-order chi connectivity index (χ0) is 20.4. The van der Waals surface area contributed by atoms with Crippen LogP contribution in [-0.4, -0.2) is 55.0 Å². The Bertz CT molecular complexity index is 713. The standard InChI is InChI=1S/C17H22F3N3O4/c1-11-15(25)23(16(2,26-3)10-14(21)24)8-7-22(11)12-5-4-6-13(9-12)27-17(18,19)20/h4-6,9,11H,7-8,10H2,1-3H3,(H2,21,24). The molecule has 0 bridgehead atoms. The molecule has 1 aliphatic rings. The molecule has 1 aliphatic heterocycles. The first-order valence-electron chi connectivity index (χ1n) is 8.24. The van der Waals surface area contributed by atoms with E-state index in [1.54, 1.807) is 24.8 Å². The van der Waals surface area contributed by atoms with E-state index in [0.717, 1.165) is 0 Å². The Morgan fingerprint density at radius 2 is 2.00 bits per heavy atom. The summed E-state index contributed by atoms with van der Waals surface area (Å²) in [4.78, 5) is 27.3. The SMILES string of the molecule is COC(C)(CC(N)=O)N1CCN(c2cccc(OC(F)(F)F)c2)C(C)C1=O. The highest BCUT2D eigenvalue weighted by Gasteiger charge is 2.43. The normalized spacial score (nSPS) is 20.4. The van der Waals surface area contributed by atoms with Crippen LogP contribution < -0.4 is 15.4 Å². The number of hydrogen-bond acceptors (Lipinski definition) is 5. The summed E-state index contributed by atoms with van der Waals surface area (Å²) in [5.74, 6) is -1.30. The number of nitrogens with zero attached hydrogens (tertiary/aromatic N) is 2. The molecule has 150 valence electrons. The molecule has 10 heteroatoms. The fourth-order valence-electron chi connectivity index (χ4n) is 3.15. The summed E-state index contributed by atoms with van der Waals surface area (Å²) < 4.78 is 46.6. The van der Waals surface area contributed by atoms with Gasteiger partial charge in [-0.3, -0.25) is 9.59 Å². The highest BCUT2D eigenvalue weighted by molar-refractivity contribution is 5.87. The predicted octanol–water partition coefficient (Wildman–Crippen LogP) is 1.86. The van der Waals surface area contributed by atoms with E-state index in [9.17, 15) is 22.8 Å². The Hall–Kier alpha value is -2.49. The molecule has 27 heavy (non-hydrogen) atoms. The summed E-state index contributed by atoms with van der Waals surface area (Å²) in [6.07, 6.45) is -4.97.